The van der Waals surface area contributed by atoms with Gasteiger partial charge < -0.3 is 4.42 Å². The van der Waals surface area contributed by atoms with Crippen molar-refractivity contribution in [2.75, 3.05) is 0 Å². The number of hydrogen-bond donors (Lipinski definition) is 1. The van der Waals surface area contributed by atoms with E-state index in [4.69, 9.17) is 21.2 Å². The number of rotatable bonds is 2. The fraction of sp³-hybridized carbons (Fsp3) is 0. The van der Waals surface area contributed by atoms with E-state index in [1.165, 1.54) is 24.5 Å². The summed E-state index contributed by atoms with van der Waals surface area (Å²) in [7, 11) is -3.73. The maximum Gasteiger partial charge on any atom is 0.238 e. The summed E-state index contributed by atoms with van der Waals surface area (Å²) in [5, 5.41) is 5.43. The highest BCUT2D eigenvalue weighted by atomic mass is 35.5. The first kappa shape index (κ1) is 11.2. The number of nitrogens with two attached hydrogens (primary N) is 1. The average molecular weight is 258 g/mol. The minimum atomic E-state index is -3.73. The van der Waals surface area contributed by atoms with E-state index in [1.807, 2.05) is 0 Å². The maximum atomic E-state index is 11.2. The molecule has 0 saturated heterocycles. The van der Waals surface area contributed by atoms with Crippen molar-refractivity contribution in [1.82, 2.24) is 0 Å². The van der Waals surface area contributed by atoms with Gasteiger partial charge in [0.05, 0.1) is 16.2 Å². The van der Waals surface area contributed by atoms with Crippen LogP contribution in [0.25, 0.3) is 11.3 Å². The molecule has 0 bridgehead atoms. The Kier molecular flexibility index (Phi) is 2.75. The molecule has 0 fully saturated rings. The highest BCUT2D eigenvalue weighted by Gasteiger charge is 2.13. The summed E-state index contributed by atoms with van der Waals surface area (Å²) in [4.78, 5) is 0.00306. The Morgan fingerprint density at radius 2 is 2.00 bits per heavy atom. The summed E-state index contributed by atoms with van der Waals surface area (Å²) in [6.45, 7) is 0. The Balaban J connectivity index is 2.63. The van der Waals surface area contributed by atoms with Crippen molar-refractivity contribution in [1.29, 1.82) is 0 Å². The fourth-order valence-corrected chi connectivity index (χ4v) is 2.05. The van der Waals surface area contributed by atoms with Crippen LogP contribution in [0.3, 0.4) is 0 Å². The van der Waals surface area contributed by atoms with Gasteiger partial charge in [0.15, 0.2) is 0 Å². The van der Waals surface area contributed by atoms with Gasteiger partial charge in [-0.15, -0.1) is 0 Å². The zero-order valence-corrected chi connectivity index (χ0v) is 9.62. The van der Waals surface area contributed by atoms with Gasteiger partial charge in [0.25, 0.3) is 0 Å². The van der Waals surface area contributed by atoms with Crippen LogP contribution < -0.4 is 5.14 Å². The number of halogens is 1. The Labute approximate surface area is 97.7 Å². The van der Waals surface area contributed by atoms with E-state index in [9.17, 15) is 8.42 Å². The van der Waals surface area contributed by atoms with Crippen molar-refractivity contribution in [3.8, 4) is 11.3 Å². The highest BCUT2D eigenvalue weighted by Crippen LogP contribution is 2.30. The smallest absolute Gasteiger partial charge is 0.238 e. The van der Waals surface area contributed by atoms with Crippen LogP contribution in [0.5, 0.6) is 0 Å². The number of sulfonamides is 1. The van der Waals surface area contributed by atoms with Crippen molar-refractivity contribution in [2.45, 2.75) is 4.90 Å². The van der Waals surface area contributed by atoms with E-state index in [0.29, 0.717) is 16.3 Å². The van der Waals surface area contributed by atoms with Gasteiger partial charge in [-0.1, -0.05) is 11.6 Å². The molecule has 0 radical (unpaired) electrons. The molecule has 84 valence electrons. The summed E-state index contributed by atoms with van der Waals surface area (Å²) < 4.78 is 27.5. The van der Waals surface area contributed by atoms with Crippen molar-refractivity contribution < 1.29 is 12.8 Å². The molecule has 0 amide bonds. The fourth-order valence-electron chi connectivity index (χ4n) is 1.30. The Morgan fingerprint density at radius 1 is 1.25 bits per heavy atom. The van der Waals surface area contributed by atoms with Gasteiger partial charge in [-0.05, 0) is 30.3 Å². The van der Waals surface area contributed by atoms with Gasteiger partial charge in [-0.2, -0.15) is 0 Å². The first-order chi connectivity index (χ1) is 7.48. The molecule has 1 aromatic heterocycles. The standard InChI is InChI=1S/C10H8ClNO3S/c11-9-4-3-7(16(12,13)14)6-8(9)10-2-1-5-15-10/h1-6H,(H2,12,13,14). The van der Waals surface area contributed by atoms with E-state index in [1.54, 1.807) is 12.1 Å². The van der Waals surface area contributed by atoms with Crippen LogP contribution in [0.4, 0.5) is 0 Å². The first-order valence-corrected chi connectivity index (χ1v) is 6.27. The summed E-state index contributed by atoms with van der Waals surface area (Å²) in [6.07, 6.45) is 1.48. The van der Waals surface area contributed by atoms with Gasteiger partial charge in [-0.25, -0.2) is 13.6 Å². The minimum Gasteiger partial charge on any atom is -0.464 e. The molecule has 1 aromatic carbocycles. The van der Waals surface area contributed by atoms with Crippen molar-refractivity contribution in [2.24, 2.45) is 5.14 Å². The quantitative estimate of drug-likeness (QED) is 0.897. The Morgan fingerprint density at radius 3 is 2.56 bits per heavy atom. The highest BCUT2D eigenvalue weighted by molar-refractivity contribution is 7.89. The lowest BCUT2D eigenvalue weighted by atomic mass is 10.2. The van der Waals surface area contributed by atoms with E-state index in [0.717, 1.165) is 0 Å². The Hall–Kier alpha value is -1.30. The molecule has 4 nitrogen and oxygen atoms in total. The van der Waals surface area contributed by atoms with Crippen LogP contribution in [0.15, 0.2) is 45.9 Å². The van der Waals surface area contributed by atoms with E-state index >= 15 is 0 Å². The second-order valence-corrected chi connectivity index (χ2v) is 5.13. The SMILES string of the molecule is NS(=O)(=O)c1ccc(Cl)c(-c2ccco2)c1. The zero-order valence-electron chi connectivity index (χ0n) is 8.05. The van der Waals surface area contributed by atoms with E-state index < -0.39 is 10.0 Å². The van der Waals surface area contributed by atoms with E-state index in [-0.39, 0.29) is 4.90 Å². The lowest BCUT2D eigenvalue weighted by molar-refractivity contribution is 0.582. The van der Waals surface area contributed by atoms with Gasteiger partial charge in [0.1, 0.15) is 5.76 Å². The molecule has 0 unspecified atom stereocenters. The molecule has 0 aliphatic rings. The molecule has 0 atom stereocenters. The molecule has 2 N–H and O–H groups in total. The summed E-state index contributed by atoms with van der Waals surface area (Å²) in [5.74, 6) is 0.496. The first-order valence-electron chi connectivity index (χ1n) is 4.35. The van der Waals surface area contributed by atoms with Gasteiger partial charge >= 0.3 is 0 Å². The third-order valence-electron chi connectivity index (χ3n) is 2.05. The Bertz CT molecular complexity index is 605. The molecular formula is C10H8ClNO3S. The number of furan rings is 1. The van der Waals surface area contributed by atoms with Crippen molar-refractivity contribution in [3.05, 3.63) is 41.6 Å². The van der Waals surface area contributed by atoms with E-state index in [2.05, 4.69) is 0 Å². The normalized spacial score (nSPS) is 11.6. The molecule has 0 aliphatic carbocycles. The van der Waals surface area contributed by atoms with Crippen molar-refractivity contribution in [3.63, 3.8) is 0 Å². The second-order valence-electron chi connectivity index (χ2n) is 3.16. The largest absolute Gasteiger partial charge is 0.464 e. The van der Waals surface area contributed by atoms with Crippen LogP contribution in [0.2, 0.25) is 5.02 Å². The molecule has 16 heavy (non-hydrogen) atoms. The van der Waals surface area contributed by atoms with Gasteiger partial charge in [0.2, 0.25) is 10.0 Å². The molecule has 1 heterocycles. The molecule has 6 heteroatoms. The number of benzene rings is 1. The summed E-state index contributed by atoms with van der Waals surface area (Å²) in [6, 6.07) is 7.59. The van der Waals surface area contributed by atoms with Crippen LogP contribution in [-0.4, -0.2) is 8.42 Å². The topological polar surface area (TPSA) is 73.3 Å². The second kappa shape index (κ2) is 3.93. The molecule has 2 aromatic rings. The molecular weight excluding hydrogens is 250 g/mol. The molecule has 0 saturated carbocycles. The summed E-state index contributed by atoms with van der Waals surface area (Å²) in [5.41, 5.74) is 0.498. The van der Waals surface area contributed by atoms with Crippen LogP contribution >= 0.6 is 11.6 Å². The number of hydrogen-bond acceptors (Lipinski definition) is 3. The maximum absolute atomic E-state index is 11.2. The predicted molar refractivity (Wildman–Crippen MR) is 60.5 cm³/mol. The van der Waals surface area contributed by atoms with Gasteiger partial charge in [0, 0.05) is 5.56 Å². The van der Waals surface area contributed by atoms with Crippen LogP contribution in [-0.2, 0) is 10.0 Å². The minimum absolute atomic E-state index is 0.00306. The monoisotopic (exact) mass is 257 g/mol. The molecule has 2 rings (SSSR count). The third-order valence-corrected chi connectivity index (χ3v) is 3.29. The number of primary sulfonamides is 1. The van der Waals surface area contributed by atoms with Crippen LogP contribution in [0, 0.1) is 0 Å². The van der Waals surface area contributed by atoms with Crippen molar-refractivity contribution >= 4 is 21.6 Å². The predicted octanol–water partition coefficient (Wildman–Crippen LogP) is 2.25. The lowest BCUT2D eigenvalue weighted by Gasteiger charge is -2.03. The molecule has 0 aliphatic heterocycles. The third kappa shape index (κ3) is 2.11. The molecule has 0 spiro atoms. The van der Waals surface area contributed by atoms with Crippen LogP contribution in [0.1, 0.15) is 0 Å². The summed E-state index contributed by atoms with van der Waals surface area (Å²) >= 11 is 5.94. The zero-order chi connectivity index (χ0) is 11.8. The van der Waals surface area contributed by atoms with Gasteiger partial charge in [-0.3, -0.25) is 0 Å². The average Bonchev–Trinajstić information content (AvgIpc) is 2.69. The lowest BCUT2D eigenvalue weighted by Crippen LogP contribution is -2.12.